The number of anilines is 1. The number of nitrogens with one attached hydrogen (secondary N) is 2. The highest BCUT2D eigenvalue weighted by Crippen LogP contribution is 2.37. The number of pyridine rings is 1. The maximum atomic E-state index is 12.6. The molecule has 29 heavy (non-hydrogen) atoms. The second kappa shape index (κ2) is 8.32. The molecule has 4 nitrogen and oxygen atoms in total. The number of H-pyrrole nitrogens is 1. The van der Waals surface area contributed by atoms with E-state index in [9.17, 15) is 4.79 Å². The van der Waals surface area contributed by atoms with Crippen molar-refractivity contribution in [1.82, 2.24) is 4.98 Å². The van der Waals surface area contributed by atoms with E-state index in [1.165, 1.54) is 22.3 Å². The topological polar surface area (TPSA) is 54.1 Å². The van der Waals surface area contributed by atoms with Crippen molar-refractivity contribution in [3.8, 4) is 5.75 Å². The minimum Gasteiger partial charge on any atom is -0.496 e. The number of aromatic amines is 1. The smallest absolute Gasteiger partial charge is 0.253 e. The lowest BCUT2D eigenvalue weighted by Crippen LogP contribution is -2.16. The van der Waals surface area contributed by atoms with E-state index in [4.69, 9.17) is 4.74 Å². The molecule has 2 aromatic carbocycles. The van der Waals surface area contributed by atoms with Gasteiger partial charge < -0.3 is 15.0 Å². The summed E-state index contributed by atoms with van der Waals surface area (Å²) in [6.45, 7) is 13.3. The summed E-state index contributed by atoms with van der Waals surface area (Å²) in [6.07, 6.45) is 0. The van der Waals surface area contributed by atoms with E-state index in [1.807, 2.05) is 12.1 Å². The van der Waals surface area contributed by atoms with Gasteiger partial charge in [0.2, 0.25) is 0 Å². The van der Waals surface area contributed by atoms with Gasteiger partial charge in [0, 0.05) is 23.3 Å². The van der Waals surface area contributed by atoms with Crippen molar-refractivity contribution < 1.29 is 4.74 Å². The fourth-order valence-corrected chi connectivity index (χ4v) is 3.72. The van der Waals surface area contributed by atoms with Gasteiger partial charge in [0.05, 0.1) is 7.11 Å². The van der Waals surface area contributed by atoms with E-state index in [0.717, 1.165) is 27.9 Å². The standard InChI is InChI=1S/C25H32N2O2/c1-14(2)21-11-20(12-22(15(3)4)24(21)29-7)26-13-19-10-18-8-16(5)17(6)9-23(18)27-25(19)28/h8-12,14-15,26H,13H2,1-7H3,(H,27,28). The molecule has 1 aromatic heterocycles. The Bertz CT molecular complexity index is 1060. The fourth-order valence-electron chi connectivity index (χ4n) is 3.72. The highest BCUT2D eigenvalue weighted by Gasteiger charge is 2.17. The second-order valence-electron chi connectivity index (χ2n) is 8.50. The summed E-state index contributed by atoms with van der Waals surface area (Å²) in [6, 6.07) is 10.4. The van der Waals surface area contributed by atoms with Crippen LogP contribution in [-0.4, -0.2) is 12.1 Å². The third-order valence-electron chi connectivity index (χ3n) is 5.61. The first kappa shape index (κ1) is 21.0. The molecule has 0 aliphatic carbocycles. The van der Waals surface area contributed by atoms with Crippen molar-refractivity contribution in [2.75, 3.05) is 12.4 Å². The zero-order chi connectivity index (χ0) is 21.3. The SMILES string of the molecule is COc1c(C(C)C)cc(NCc2cc3cc(C)c(C)cc3[nH]c2=O)cc1C(C)C. The Hall–Kier alpha value is -2.75. The van der Waals surface area contributed by atoms with E-state index in [0.29, 0.717) is 18.4 Å². The van der Waals surface area contributed by atoms with Gasteiger partial charge >= 0.3 is 0 Å². The first-order chi connectivity index (χ1) is 13.7. The van der Waals surface area contributed by atoms with Crippen LogP contribution in [0, 0.1) is 13.8 Å². The Kier molecular flexibility index (Phi) is 6.02. The first-order valence-electron chi connectivity index (χ1n) is 10.3. The Morgan fingerprint density at radius 3 is 2.07 bits per heavy atom. The second-order valence-corrected chi connectivity index (χ2v) is 8.50. The average Bonchev–Trinajstić information content (AvgIpc) is 2.66. The molecule has 0 radical (unpaired) electrons. The van der Waals surface area contributed by atoms with E-state index in [-0.39, 0.29) is 5.56 Å². The molecular formula is C25H32N2O2. The summed E-state index contributed by atoms with van der Waals surface area (Å²) >= 11 is 0. The van der Waals surface area contributed by atoms with Gasteiger partial charge in [0.25, 0.3) is 5.56 Å². The van der Waals surface area contributed by atoms with Gasteiger partial charge in [-0.3, -0.25) is 4.79 Å². The number of fused-ring (bicyclic) bond motifs is 1. The van der Waals surface area contributed by atoms with Crippen LogP contribution in [0.3, 0.4) is 0 Å². The van der Waals surface area contributed by atoms with Crippen LogP contribution in [0.1, 0.15) is 67.3 Å². The van der Waals surface area contributed by atoms with Crippen LogP contribution >= 0.6 is 0 Å². The molecule has 4 heteroatoms. The van der Waals surface area contributed by atoms with Crippen LogP contribution in [0.4, 0.5) is 5.69 Å². The third kappa shape index (κ3) is 4.31. The molecule has 0 aliphatic heterocycles. The number of methoxy groups -OCH3 is 1. The molecular weight excluding hydrogens is 360 g/mol. The monoisotopic (exact) mass is 392 g/mol. The number of aryl methyl sites for hydroxylation is 2. The molecule has 0 fully saturated rings. The Labute approximate surface area is 173 Å². The quantitative estimate of drug-likeness (QED) is 0.540. The van der Waals surface area contributed by atoms with Crippen molar-refractivity contribution >= 4 is 16.6 Å². The molecule has 0 saturated heterocycles. The summed E-state index contributed by atoms with van der Waals surface area (Å²) in [5.74, 6) is 1.66. The van der Waals surface area contributed by atoms with E-state index in [1.54, 1.807) is 7.11 Å². The van der Waals surface area contributed by atoms with E-state index < -0.39 is 0 Å². The lowest BCUT2D eigenvalue weighted by atomic mass is 9.93. The number of hydrogen-bond donors (Lipinski definition) is 2. The zero-order valence-corrected chi connectivity index (χ0v) is 18.6. The maximum Gasteiger partial charge on any atom is 0.253 e. The maximum absolute atomic E-state index is 12.6. The van der Waals surface area contributed by atoms with Gasteiger partial charge in [-0.25, -0.2) is 0 Å². The summed E-state index contributed by atoms with van der Waals surface area (Å²) < 4.78 is 5.72. The zero-order valence-electron chi connectivity index (χ0n) is 18.6. The molecule has 0 amide bonds. The van der Waals surface area contributed by atoms with Crippen molar-refractivity contribution in [3.05, 3.63) is 68.5 Å². The summed E-state index contributed by atoms with van der Waals surface area (Å²) in [7, 11) is 1.73. The van der Waals surface area contributed by atoms with Crippen LogP contribution in [0.5, 0.6) is 5.75 Å². The molecule has 0 spiro atoms. The average molecular weight is 393 g/mol. The fraction of sp³-hybridized carbons (Fsp3) is 0.400. The molecule has 0 atom stereocenters. The molecule has 3 rings (SSSR count). The molecule has 0 bridgehead atoms. The Morgan fingerprint density at radius 1 is 0.931 bits per heavy atom. The summed E-state index contributed by atoms with van der Waals surface area (Å²) in [4.78, 5) is 15.6. The predicted octanol–water partition coefficient (Wildman–Crippen LogP) is 6.01. The first-order valence-corrected chi connectivity index (χ1v) is 10.3. The highest BCUT2D eigenvalue weighted by atomic mass is 16.5. The Morgan fingerprint density at radius 2 is 1.52 bits per heavy atom. The molecule has 0 unspecified atom stereocenters. The van der Waals surface area contributed by atoms with Gasteiger partial charge in [-0.1, -0.05) is 27.7 Å². The van der Waals surface area contributed by atoms with Gasteiger partial charge in [-0.2, -0.15) is 0 Å². The van der Waals surface area contributed by atoms with Crippen molar-refractivity contribution in [3.63, 3.8) is 0 Å². The minimum absolute atomic E-state index is 0.0464. The third-order valence-corrected chi connectivity index (χ3v) is 5.61. The lowest BCUT2D eigenvalue weighted by Gasteiger charge is -2.21. The number of ether oxygens (including phenoxy) is 1. The van der Waals surface area contributed by atoms with Crippen molar-refractivity contribution in [1.29, 1.82) is 0 Å². The largest absolute Gasteiger partial charge is 0.496 e. The van der Waals surface area contributed by atoms with Crippen LogP contribution < -0.4 is 15.6 Å². The number of benzene rings is 2. The minimum atomic E-state index is -0.0464. The molecule has 3 aromatic rings. The van der Waals surface area contributed by atoms with Gasteiger partial charge in [-0.15, -0.1) is 0 Å². The molecule has 2 N–H and O–H groups in total. The molecule has 0 saturated carbocycles. The van der Waals surface area contributed by atoms with E-state index >= 15 is 0 Å². The number of hydrogen-bond acceptors (Lipinski definition) is 3. The highest BCUT2D eigenvalue weighted by molar-refractivity contribution is 5.80. The Balaban J connectivity index is 1.96. The van der Waals surface area contributed by atoms with Crippen molar-refractivity contribution in [2.24, 2.45) is 0 Å². The molecule has 154 valence electrons. The lowest BCUT2D eigenvalue weighted by molar-refractivity contribution is 0.400. The van der Waals surface area contributed by atoms with Gasteiger partial charge in [0.15, 0.2) is 0 Å². The van der Waals surface area contributed by atoms with Crippen LogP contribution in [-0.2, 0) is 6.54 Å². The normalized spacial score (nSPS) is 11.5. The van der Waals surface area contributed by atoms with E-state index in [2.05, 4.69) is 70.0 Å². The van der Waals surface area contributed by atoms with Crippen molar-refractivity contribution in [2.45, 2.75) is 59.9 Å². The van der Waals surface area contributed by atoms with Crippen LogP contribution in [0.2, 0.25) is 0 Å². The van der Waals surface area contributed by atoms with Crippen LogP contribution in [0.25, 0.3) is 10.9 Å². The van der Waals surface area contributed by atoms with Gasteiger partial charge in [-0.05, 0) is 83.7 Å². The summed E-state index contributed by atoms with van der Waals surface area (Å²) in [5.41, 5.74) is 7.35. The van der Waals surface area contributed by atoms with Crippen LogP contribution in [0.15, 0.2) is 35.1 Å². The molecule has 1 heterocycles. The van der Waals surface area contributed by atoms with Gasteiger partial charge in [0.1, 0.15) is 5.75 Å². The number of aromatic nitrogens is 1. The number of rotatable bonds is 6. The molecule has 0 aliphatic rings. The summed E-state index contributed by atoms with van der Waals surface area (Å²) in [5, 5.41) is 4.52. The predicted molar refractivity (Wildman–Crippen MR) is 123 cm³/mol.